The number of rotatable bonds is 3. The Morgan fingerprint density at radius 3 is 1.74 bits per heavy atom. The van der Waals surface area contributed by atoms with Gasteiger partial charge in [0.15, 0.2) is 0 Å². The lowest BCUT2D eigenvalue weighted by atomic mass is 9.92. The molecule has 0 amide bonds. The maximum absolute atomic E-state index is 5.46. The van der Waals surface area contributed by atoms with Crippen LogP contribution in [0.25, 0.3) is 114 Å². The number of para-hydroxylation sites is 2. The third-order valence-electron chi connectivity index (χ3n) is 11.2. The first-order valence-corrected chi connectivity index (χ1v) is 19.1. The van der Waals surface area contributed by atoms with Crippen LogP contribution in [0, 0.1) is 0 Å². The van der Waals surface area contributed by atoms with Gasteiger partial charge in [0.25, 0.3) is 0 Å². The Morgan fingerprint density at radius 2 is 0.944 bits per heavy atom. The number of fused-ring (bicyclic) bond motifs is 13. The average molecular weight is 704 g/mol. The predicted octanol–water partition coefficient (Wildman–Crippen LogP) is 13.9. The summed E-state index contributed by atoms with van der Waals surface area (Å²) in [5.74, 6) is 0.665. The van der Waals surface area contributed by atoms with E-state index >= 15 is 0 Å². The number of aromatic nitrogens is 3. The maximum Gasteiger partial charge on any atom is 0.235 e. The highest BCUT2D eigenvalue weighted by Crippen LogP contribution is 2.43. The molecule has 4 heteroatoms. The average Bonchev–Trinajstić information content (AvgIpc) is 3.79. The van der Waals surface area contributed by atoms with Gasteiger partial charge in [0, 0.05) is 41.9 Å². The van der Waals surface area contributed by atoms with E-state index in [9.17, 15) is 0 Å². The van der Waals surface area contributed by atoms with E-state index in [0.717, 1.165) is 33.2 Å². The van der Waals surface area contributed by atoms with Crippen molar-refractivity contribution in [1.29, 1.82) is 0 Å². The molecule has 250 valence electrons. The van der Waals surface area contributed by atoms with Crippen LogP contribution in [-0.2, 0) is 0 Å². The second-order valence-corrected chi connectivity index (χ2v) is 15.2. The Hall–Kier alpha value is -6.88. The molecule has 0 unspecified atom stereocenters. The molecule has 3 heterocycles. The molecular formula is C50H29N3S. The molecule has 54 heavy (non-hydrogen) atoms. The van der Waals surface area contributed by atoms with E-state index in [4.69, 9.17) is 9.97 Å². The summed E-state index contributed by atoms with van der Waals surface area (Å²) in [6.45, 7) is 0. The summed E-state index contributed by atoms with van der Waals surface area (Å²) >= 11 is 1.87. The van der Waals surface area contributed by atoms with Crippen LogP contribution in [0.5, 0.6) is 0 Å². The molecule has 0 aliphatic heterocycles. The van der Waals surface area contributed by atoms with Crippen LogP contribution in [0.2, 0.25) is 0 Å². The summed E-state index contributed by atoms with van der Waals surface area (Å²) in [5, 5.41) is 13.5. The molecule has 0 spiro atoms. The summed E-state index contributed by atoms with van der Waals surface area (Å²) < 4.78 is 4.88. The fourth-order valence-corrected chi connectivity index (χ4v) is 10.0. The molecule has 0 bridgehead atoms. The largest absolute Gasteiger partial charge is 0.278 e. The minimum atomic E-state index is 0.665. The van der Waals surface area contributed by atoms with E-state index < -0.39 is 0 Å². The van der Waals surface area contributed by atoms with Gasteiger partial charge >= 0.3 is 0 Å². The summed E-state index contributed by atoms with van der Waals surface area (Å²) in [4.78, 5) is 10.7. The van der Waals surface area contributed by atoms with Crippen LogP contribution in [0.3, 0.4) is 0 Å². The van der Waals surface area contributed by atoms with Crippen molar-refractivity contribution in [2.24, 2.45) is 0 Å². The van der Waals surface area contributed by atoms with E-state index in [1.54, 1.807) is 0 Å². The fourth-order valence-electron chi connectivity index (χ4n) is 8.77. The SMILES string of the molecule is c1ccc2c(-c3ccc4c5ccccc5c5ccccc5c4c3)nc(-n3c4ccccc4c4cc(-c5cccc6c5sc5ccccc56)ccc43)nc2c1. The molecule has 0 fully saturated rings. The standard InChI is InChI=1S/C50H29N3S/c1-2-14-35-33(12-1)34-13-3-4-15-36(34)42-29-31(24-26-37(35)42)48-41-18-5-8-21-44(41)51-50(52-48)53-45-22-9-6-16-38(45)43-28-30(25-27-46(43)53)32-19-11-20-40-39-17-7-10-23-47(39)54-49(32)40/h1-29H. The van der Waals surface area contributed by atoms with Crippen molar-refractivity contribution in [3.8, 4) is 28.3 Å². The zero-order chi connectivity index (χ0) is 35.3. The quantitative estimate of drug-likeness (QED) is 0.172. The Kier molecular flexibility index (Phi) is 6.21. The van der Waals surface area contributed by atoms with E-state index in [1.165, 1.54) is 74.4 Å². The van der Waals surface area contributed by atoms with Crippen LogP contribution in [0.1, 0.15) is 0 Å². The summed E-state index contributed by atoms with van der Waals surface area (Å²) in [6.07, 6.45) is 0. The summed E-state index contributed by atoms with van der Waals surface area (Å²) in [6, 6.07) is 63.6. The number of thiophene rings is 1. The smallest absolute Gasteiger partial charge is 0.235 e. The zero-order valence-corrected chi connectivity index (χ0v) is 29.8. The van der Waals surface area contributed by atoms with Crippen molar-refractivity contribution < 1.29 is 0 Å². The highest BCUT2D eigenvalue weighted by atomic mass is 32.1. The van der Waals surface area contributed by atoms with Gasteiger partial charge in [0.05, 0.1) is 22.2 Å². The van der Waals surface area contributed by atoms with Gasteiger partial charge in [-0.3, -0.25) is 4.57 Å². The number of benzene rings is 9. The fraction of sp³-hybridized carbons (Fsp3) is 0. The van der Waals surface area contributed by atoms with Gasteiger partial charge in [-0.1, -0.05) is 140 Å². The van der Waals surface area contributed by atoms with Gasteiger partial charge < -0.3 is 0 Å². The van der Waals surface area contributed by atoms with Crippen molar-refractivity contribution in [3.05, 3.63) is 176 Å². The van der Waals surface area contributed by atoms with Crippen molar-refractivity contribution >= 4 is 96.5 Å². The molecule has 9 aromatic carbocycles. The first kappa shape index (κ1) is 29.7. The number of hydrogen-bond donors (Lipinski definition) is 0. The van der Waals surface area contributed by atoms with Gasteiger partial charge in [0.2, 0.25) is 5.95 Å². The van der Waals surface area contributed by atoms with Gasteiger partial charge in [-0.15, -0.1) is 11.3 Å². The first-order valence-electron chi connectivity index (χ1n) is 18.3. The van der Waals surface area contributed by atoms with Crippen molar-refractivity contribution in [2.45, 2.75) is 0 Å². The Labute approximate surface area is 314 Å². The normalized spacial score (nSPS) is 12.1. The van der Waals surface area contributed by atoms with Gasteiger partial charge in [0.1, 0.15) is 0 Å². The molecule has 0 N–H and O–H groups in total. The second-order valence-electron chi connectivity index (χ2n) is 14.1. The zero-order valence-electron chi connectivity index (χ0n) is 29.0. The molecule has 0 saturated heterocycles. The van der Waals surface area contributed by atoms with Crippen LogP contribution >= 0.6 is 11.3 Å². The highest BCUT2D eigenvalue weighted by Gasteiger charge is 2.19. The molecule has 0 atom stereocenters. The molecule has 0 aliphatic rings. The maximum atomic E-state index is 5.46. The highest BCUT2D eigenvalue weighted by molar-refractivity contribution is 7.26. The lowest BCUT2D eigenvalue weighted by molar-refractivity contribution is 1.01. The monoisotopic (exact) mass is 703 g/mol. The molecule has 12 rings (SSSR count). The van der Waals surface area contributed by atoms with Gasteiger partial charge in [-0.25, -0.2) is 9.97 Å². The van der Waals surface area contributed by atoms with E-state index in [0.29, 0.717) is 5.95 Å². The third-order valence-corrected chi connectivity index (χ3v) is 12.4. The van der Waals surface area contributed by atoms with Crippen LogP contribution < -0.4 is 0 Å². The van der Waals surface area contributed by atoms with Crippen LogP contribution in [0.15, 0.2) is 176 Å². The number of nitrogens with zero attached hydrogens (tertiary/aromatic N) is 3. The van der Waals surface area contributed by atoms with Crippen molar-refractivity contribution in [1.82, 2.24) is 14.5 Å². The second kappa shape index (κ2) is 11.3. The van der Waals surface area contributed by atoms with E-state index in [-0.39, 0.29) is 0 Å². The number of hydrogen-bond acceptors (Lipinski definition) is 3. The molecule has 3 aromatic heterocycles. The lowest BCUT2D eigenvalue weighted by Gasteiger charge is -2.14. The molecule has 0 aliphatic carbocycles. The minimum absolute atomic E-state index is 0.665. The predicted molar refractivity (Wildman–Crippen MR) is 230 cm³/mol. The Morgan fingerprint density at radius 1 is 0.370 bits per heavy atom. The molecule has 0 saturated carbocycles. The van der Waals surface area contributed by atoms with E-state index in [1.807, 2.05) is 11.3 Å². The molecular weight excluding hydrogens is 675 g/mol. The molecule has 0 radical (unpaired) electrons. The third kappa shape index (κ3) is 4.23. The minimum Gasteiger partial charge on any atom is -0.278 e. The van der Waals surface area contributed by atoms with Crippen molar-refractivity contribution in [3.63, 3.8) is 0 Å². The van der Waals surface area contributed by atoms with Gasteiger partial charge in [-0.05, 0) is 79.8 Å². The van der Waals surface area contributed by atoms with Crippen LogP contribution in [0.4, 0.5) is 0 Å². The summed E-state index contributed by atoms with van der Waals surface area (Å²) in [7, 11) is 0. The molecule has 3 nitrogen and oxygen atoms in total. The Balaban J connectivity index is 1.10. The topological polar surface area (TPSA) is 30.7 Å². The lowest BCUT2D eigenvalue weighted by Crippen LogP contribution is -2.03. The Bertz CT molecular complexity index is 3480. The summed E-state index contributed by atoms with van der Waals surface area (Å²) in [5.41, 5.74) is 7.55. The van der Waals surface area contributed by atoms with Crippen molar-refractivity contribution in [2.75, 3.05) is 0 Å². The van der Waals surface area contributed by atoms with E-state index in [2.05, 4.69) is 180 Å². The first-order chi connectivity index (χ1) is 26.8. The molecule has 12 aromatic rings. The van der Waals surface area contributed by atoms with Crippen LogP contribution in [-0.4, -0.2) is 14.5 Å². The van der Waals surface area contributed by atoms with Gasteiger partial charge in [-0.2, -0.15) is 0 Å².